The van der Waals surface area contributed by atoms with Crippen LogP contribution in [-0.4, -0.2) is 10.7 Å². The molecule has 108 valence electrons. The number of rotatable bonds is 4. The Balaban J connectivity index is 2.36. The molecule has 21 heavy (non-hydrogen) atoms. The molecule has 0 spiro atoms. The van der Waals surface area contributed by atoms with Crippen LogP contribution in [-0.2, 0) is 0 Å². The molecule has 2 aromatic carbocycles. The number of carbonyl (C=O) groups excluding carboxylic acids is 1. The second kappa shape index (κ2) is 6.05. The van der Waals surface area contributed by atoms with Gasteiger partial charge >= 0.3 is 0 Å². The monoisotopic (exact) mass is 349 g/mol. The van der Waals surface area contributed by atoms with Gasteiger partial charge in [0.05, 0.1) is 10.5 Å². The van der Waals surface area contributed by atoms with Gasteiger partial charge < -0.3 is 4.74 Å². The van der Waals surface area contributed by atoms with Crippen LogP contribution in [0.5, 0.6) is 11.5 Å². The van der Waals surface area contributed by atoms with Crippen LogP contribution >= 0.6 is 15.9 Å². The van der Waals surface area contributed by atoms with E-state index in [1.54, 1.807) is 6.07 Å². The van der Waals surface area contributed by atoms with Gasteiger partial charge in [0.2, 0.25) is 0 Å². The topological polar surface area (TPSA) is 69.4 Å². The first-order valence-corrected chi connectivity index (χ1v) is 6.91. The lowest BCUT2D eigenvalue weighted by atomic mass is 10.1. The van der Waals surface area contributed by atoms with Crippen molar-refractivity contribution in [3.05, 3.63) is 62.1 Å². The Morgan fingerprint density at radius 1 is 1.19 bits per heavy atom. The highest BCUT2D eigenvalue weighted by Gasteiger charge is 2.18. The smallest absolute Gasteiger partial charge is 0.280 e. The zero-order chi connectivity index (χ0) is 15.6. The lowest BCUT2D eigenvalue weighted by molar-refractivity contribution is -0.385. The normalized spacial score (nSPS) is 10.2. The lowest BCUT2D eigenvalue weighted by Gasteiger charge is -2.08. The van der Waals surface area contributed by atoms with Gasteiger partial charge in [-0.2, -0.15) is 0 Å². The third-order valence-corrected chi connectivity index (χ3v) is 3.80. The maximum atomic E-state index is 11.5. The third-order valence-electron chi connectivity index (χ3n) is 2.91. The van der Waals surface area contributed by atoms with Crippen molar-refractivity contribution in [2.75, 3.05) is 0 Å². The number of aryl methyl sites for hydroxylation is 1. The highest BCUT2D eigenvalue weighted by molar-refractivity contribution is 9.10. The molecule has 0 aromatic heterocycles. The zero-order valence-electron chi connectivity index (χ0n) is 11.4. The number of benzene rings is 2. The van der Waals surface area contributed by atoms with Gasteiger partial charge in [-0.05, 0) is 49.7 Å². The van der Waals surface area contributed by atoms with Crippen LogP contribution in [0.3, 0.4) is 0 Å². The van der Waals surface area contributed by atoms with Gasteiger partial charge in [-0.1, -0.05) is 15.9 Å². The zero-order valence-corrected chi connectivity index (χ0v) is 13.0. The molecule has 0 aliphatic rings. The number of nitro groups is 1. The van der Waals surface area contributed by atoms with E-state index in [1.165, 1.54) is 25.1 Å². The van der Waals surface area contributed by atoms with Crippen molar-refractivity contribution in [1.29, 1.82) is 0 Å². The van der Waals surface area contributed by atoms with Crippen LogP contribution in [0.15, 0.2) is 40.9 Å². The summed E-state index contributed by atoms with van der Waals surface area (Å²) in [5, 5.41) is 10.9. The van der Waals surface area contributed by atoms with Gasteiger partial charge in [-0.25, -0.2) is 0 Å². The molecule has 0 heterocycles. The van der Waals surface area contributed by atoms with Crippen LogP contribution in [0.4, 0.5) is 5.69 Å². The number of hydrogen-bond acceptors (Lipinski definition) is 4. The average molecular weight is 350 g/mol. The van der Waals surface area contributed by atoms with Crippen molar-refractivity contribution in [3.63, 3.8) is 0 Å². The summed E-state index contributed by atoms with van der Waals surface area (Å²) in [5.41, 5.74) is 0.814. The average Bonchev–Trinajstić information content (AvgIpc) is 2.42. The van der Waals surface area contributed by atoms with Crippen molar-refractivity contribution in [2.45, 2.75) is 13.8 Å². The number of nitrogens with zero attached hydrogens (tertiary/aromatic N) is 1. The fourth-order valence-corrected chi connectivity index (χ4v) is 2.08. The van der Waals surface area contributed by atoms with Gasteiger partial charge in [0.25, 0.3) is 5.69 Å². The van der Waals surface area contributed by atoms with Gasteiger partial charge in [-0.3, -0.25) is 14.9 Å². The summed E-state index contributed by atoms with van der Waals surface area (Å²) in [7, 11) is 0. The summed E-state index contributed by atoms with van der Waals surface area (Å²) < 4.78 is 6.61. The molecule has 0 radical (unpaired) electrons. The third kappa shape index (κ3) is 3.46. The van der Waals surface area contributed by atoms with E-state index < -0.39 is 4.92 Å². The molecule has 0 N–H and O–H groups in total. The Kier molecular flexibility index (Phi) is 4.37. The molecule has 2 aromatic rings. The fourth-order valence-electron chi connectivity index (χ4n) is 1.84. The van der Waals surface area contributed by atoms with Gasteiger partial charge in [-0.15, -0.1) is 0 Å². The number of ketones is 1. The molecule has 2 rings (SSSR count). The van der Waals surface area contributed by atoms with E-state index >= 15 is 0 Å². The van der Waals surface area contributed by atoms with Crippen LogP contribution in [0.2, 0.25) is 0 Å². The SMILES string of the molecule is CC(=O)c1cc(Oc2ccc(Br)c(C)c2)ccc1[N+](=O)[O-]. The summed E-state index contributed by atoms with van der Waals surface area (Å²) >= 11 is 3.40. The minimum atomic E-state index is -0.579. The Labute approximate surface area is 129 Å². The van der Waals surface area contributed by atoms with E-state index in [1.807, 2.05) is 19.1 Å². The highest BCUT2D eigenvalue weighted by atomic mass is 79.9. The number of nitro benzene ring substituents is 1. The van der Waals surface area contributed by atoms with Crippen LogP contribution in [0.1, 0.15) is 22.8 Å². The molecular weight excluding hydrogens is 338 g/mol. The highest BCUT2D eigenvalue weighted by Crippen LogP contribution is 2.29. The Morgan fingerprint density at radius 3 is 2.38 bits per heavy atom. The van der Waals surface area contributed by atoms with Crippen molar-refractivity contribution < 1.29 is 14.5 Å². The van der Waals surface area contributed by atoms with E-state index in [9.17, 15) is 14.9 Å². The Hall–Kier alpha value is -2.21. The molecule has 0 saturated carbocycles. The van der Waals surface area contributed by atoms with Crippen LogP contribution < -0.4 is 4.74 Å². The van der Waals surface area contributed by atoms with Crippen LogP contribution in [0, 0.1) is 17.0 Å². The molecule has 6 heteroatoms. The van der Waals surface area contributed by atoms with Crippen LogP contribution in [0.25, 0.3) is 0 Å². The predicted octanol–water partition coefficient (Wildman–Crippen LogP) is 4.66. The molecule has 0 fully saturated rings. The van der Waals surface area contributed by atoms with E-state index in [2.05, 4.69) is 15.9 Å². The van der Waals surface area contributed by atoms with E-state index in [4.69, 9.17) is 4.74 Å². The number of Topliss-reactive ketones (excluding diaryl/α,β-unsaturated/α-hetero) is 1. The minimum Gasteiger partial charge on any atom is -0.457 e. The predicted molar refractivity (Wildman–Crippen MR) is 82.1 cm³/mol. The summed E-state index contributed by atoms with van der Waals surface area (Å²) in [4.78, 5) is 21.8. The van der Waals surface area contributed by atoms with Gasteiger partial charge in [0.15, 0.2) is 5.78 Å². The van der Waals surface area contributed by atoms with E-state index in [0.29, 0.717) is 11.5 Å². The standard InChI is InChI=1S/C15H12BrNO4/c1-9-7-11(3-5-14(9)16)21-12-4-6-15(17(19)20)13(8-12)10(2)18/h3-8H,1-2H3. The first-order chi connectivity index (χ1) is 9.88. The largest absolute Gasteiger partial charge is 0.457 e. The molecule has 0 aliphatic carbocycles. The number of hydrogen-bond donors (Lipinski definition) is 0. The lowest BCUT2D eigenvalue weighted by Crippen LogP contribution is -2.00. The fraction of sp³-hybridized carbons (Fsp3) is 0.133. The van der Waals surface area contributed by atoms with E-state index in [0.717, 1.165) is 10.0 Å². The maximum Gasteiger partial charge on any atom is 0.280 e. The molecule has 0 atom stereocenters. The molecule has 0 saturated heterocycles. The first-order valence-electron chi connectivity index (χ1n) is 6.12. The molecular formula is C15H12BrNO4. The summed E-state index contributed by atoms with van der Waals surface area (Å²) in [5.74, 6) is 0.603. The number of halogens is 1. The number of ether oxygens (including phenoxy) is 1. The second-order valence-corrected chi connectivity index (χ2v) is 5.36. The van der Waals surface area contributed by atoms with Crippen molar-refractivity contribution in [2.24, 2.45) is 0 Å². The quantitative estimate of drug-likeness (QED) is 0.457. The van der Waals surface area contributed by atoms with E-state index in [-0.39, 0.29) is 17.0 Å². The molecule has 0 aliphatic heterocycles. The number of carbonyl (C=O) groups is 1. The Morgan fingerprint density at radius 2 is 1.81 bits per heavy atom. The molecule has 5 nitrogen and oxygen atoms in total. The van der Waals surface area contributed by atoms with Gasteiger partial charge in [0, 0.05) is 10.5 Å². The minimum absolute atomic E-state index is 0.0336. The maximum absolute atomic E-state index is 11.5. The summed E-state index contributed by atoms with van der Waals surface area (Å²) in [6, 6.07) is 9.59. The molecule has 0 unspecified atom stereocenters. The Bertz CT molecular complexity index is 728. The first kappa shape index (κ1) is 15.2. The van der Waals surface area contributed by atoms with Crippen molar-refractivity contribution in [1.82, 2.24) is 0 Å². The second-order valence-electron chi connectivity index (χ2n) is 4.51. The molecule has 0 amide bonds. The molecule has 0 bridgehead atoms. The van der Waals surface area contributed by atoms with Gasteiger partial charge in [0.1, 0.15) is 11.5 Å². The van der Waals surface area contributed by atoms with Crippen molar-refractivity contribution >= 4 is 27.4 Å². The summed E-state index contributed by atoms with van der Waals surface area (Å²) in [6.45, 7) is 3.21. The van der Waals surface area contributed by atoms with Crippen molar-refractivity contribution in [3.8, 4) is 11.5 Å². The summed E-state index contributed by atoms with van der Waals surface area (Å²) in [6.07, 6.45) is 0.